The van der Waals surface area contributed by atoms with E-state index < -0.39 is 17.9 Å². The lowest BCUT2D eigenvalue weighted by Gasteiger charge is -2.30. The van der Waals surface area contributed by atoms with Crippen LogP contribution in [0.15, 0.2) is 48.7 Å². The van der Waals surface area contributed by atoms with Crippen LogP contribution in [-0.4, -0.2) is 30.4 Å². The van der Waals surface area contributed by atoms with Crippen molar-refractivity contribution in [3.05, 3.63) is 59.8 Å². The lowest BCUT2D eigenvalue weighted by molar-refractivity contribution is -0.884. The SMILES string of the molecule is CC(=O)[C@H]1[C@@H]2C(=O)N(c3ccc4c(c3)OCO4)C(=O)[C@@H]2[C@H]2c3ccccc3C=C[NH+]21. The molecule has 5 atom stereocenters. The minimum atomic E-state index is -0.684. The van der Waals surface area contributed by atoms with Crippen molar-refractivity contribution in [1.82, 2.24) is 0 Å². The smallest absolute Gasteiger partial charge is 0.244 e. The summed E-state index contributed by atoms with van der Waals surface area (Å²) in [7, 11) is 0. The van der Waals surface area contributed by atoms with Gasteiger partial charge in [-0.1, -0.05) is 24.3 Å². The van der Waals surface area contributed by atoms with Crippen LogP contribution in [0.25, 0.3) is 6.08 Å². The van der Waals surface area contributed by atoms with Crippen LogP contribution < -0.4 is 19.3 Å². The number of anilines is 1. The highest BCUT2D eigenvalue weighted by atomic mass is 16.7. The maximum atomic E-state index is 13.6. The van der Waals surface area contributed by atoms with E-state index in [1.807, 2.05) is 36.5 Å². The van der Waals surface area contributed by atoms with Crippen LogP contribution in [0.3, 0.4) is 0 Å². The summed E-state index contributed by atoms with van der Waals surface area (Å²) in [6, 6.07) is 12.1. The third-order valence-corrected chi connectivity index (χ3v) is 6.67. The topological polar surface area (TPSA) is 77.3 Å². The molecule has 0 aliphatic carbocycles. The number of quaternary nitrogens is 1. The highest BCUT2D eigenvalue weighted by Crippen LogP contribution is 2.46. The molecule has 0 saturated carbocycles. The molecule has 2 fully saturated rings. The molecule has 2 amide bonds. The maximum absolute atomic E-state index is 13.6. The summed E-state index contributed by atoms with van der Waals surface area (Å²) in [5, 5.41) is 0. The number of rotatable bonds is 2. The Labute approximate surface area is 172 Å². The summed E-state index contributed by atoms with van der Waals surface area (Å²) in [6.07, 6.45) is 3.91. The molecule has 4 heterocycles. The molecule has 6 rings (SSSR count). The van der Waals surface area contributed by atoms with Gasteiger partial charge < -0.3 is 9.47 Å². The van der Waals surface area contributed by atoms with Crippen LogP contribution in [0, 0.1) is 11.8 Å². The Morgan fingerprint density at radius 3 is 2.63 bits per heavy atom. The van der Waals surface area contributed by atoms with Crippen LogP contribution in [0.1, 0.15) is 24.1 Å². The van der Waals surface area contributed by atoms with Crippen molar-refractivity contribution >= 4 is 29.4 Å². The van der Waals surface area contributed by atoms with Crippen molar-refractivity contribution in [1.29, 1.82) is 0 Å². The Bertz CT molecular complexity index is 1160. The Balaban J connectivity index is 1.47. The van der Waals surface area contributed by atoms with Gasteiger partial charge in [-0.25, -0.2) is 4.90 Å². The summed E-state index contributed by atoms with van der Waals surface area (Å²) in [4.78, 5) is 41.9. The molecule has 4 aliphatic rings. The molecule has 0 aromatic heterocycles. The molecule has 0 bridgehead atoms. The molecule has 2 aromatic rings. The molecular weight excluding hydrogens is 384 g/mol. The molecule has 150 valence electrons. The highest BCUT2D eigenvalue weighted by molar-refractivity contribution is 6.23. The van der Waals surface area contributed by atoms with E-state index in [1.165, 1.54) is 11.8 Å². The first-order valence-electron chi connectivity index (χ1n) is 9.98. The number of nitrogens with zero attached hydrogens (tertiary/aromatic N) is 1. The van der Waals surface area contributed by atoms with Gasteiger partial charge in [-0.15, -0.1) is 0 Å². The number of benzene rings is 2. The average Bonchev–Trinajstić information content (AvgIpc) is 3.41. The second-order valence-corrected chi connectivity index (χ2v) is 8.13. The van der Waals surface area contributed by atoms with Gasteiger partial charge in [-0.05, 0) is 23.8 Å². The molecule has 1 unspecified atom stereocenters. The van der Waals surface area contributed by atoms with E-state index >= 15 is 0 Å². The van der Waals surface area contributed by atoms with Crippen molar-refractivity contribution in [3.63, 3.8) is 0 Å². The molecule has 7 heteroatoms. The number of carbonyl (C=O) groups excluding carboxylic acids is 3. The van der Waals surface area contributed by atoms with E-state index in [0.717, 1.165) is 16.0 Å². The van der Waals surface area contributed by atoms with Gasteiger partial charge in [0.15, 0.2) is 23.3 Å². The van der Waals surface area contributed by atoms with Crippen LogP contribution in [0.5, 0.6) is 11.5 Å². The van der Waals surface area contributed by atoms with Crippen molar-refractivity contribution < 1.29 is 28.8 Å². The fraction of sp³-hybridized carbons (Fsp3) is 0.261. The predicted octanol–water partition coefficient (Wildman–Crippen LogP) is 1.10. The number of carbonyl (C=O) groups is 3. The Morgan fingerprint density at radius 1 is 1.03 bits per heavy atom. The fourth-order valence-corrected chi connectivity index (χ4v) is 5.50. The first-order chi connectivity index (χ1) is 14.6. The van der Waals surface area contributed by atoms with Gasteiger partial charge in [0.25, 0.3) is 0 Å². The largest absolute Gasteiger partial charge is 0.454 e. The van der Waals surface area contributed by atoms with Gasteiger partial charge in [-0.3, -0.25) is 19.3 Å². The number of nitrogens with one attached hydrogen (secondary N) is 1. The van der Waals surface area contributed by atoms with Crippen molar-refractivity contribution in [2.24, 2.45) is 11.8 Å². The van der Waals surface area contributed by atoms with Crippen molar-refractivity contribution in [2.75, 3.05) is 11.7 Å². The van der Waals surface area contributed by atoms with Gasteiger partial charge >= 0.3 is 0 Å². The maximum Gasteiger partial charge on any atom is 0.244 e. The van der Waals surface area contributed by atoms with E-state index in [1.54, 1.807) is 18.2 Å². The number of ketones is 1. The number of imide groups is 1. The molecule has 0 radical (unpaired) electrons. The summed E-state index contributed by atoms with van der Waals surface area (Å²) in [6.45, 7) is 1.62. The molecule has 2 aromatic carbocycles. The lowest BCUT2D eigenvalue weighted by Crippen LogP contribution is -3.12. The number of hydrogen-bond donors (Lipinski definition) is 1. The van der Waals surface area contributed by atoms with Crippen LogP contribution >= 0.6 is 0 Å². The quantitative estimate of drug-likeness (QED) is 0.760. The first-order valence-corrected chi connectivity index (χ1v) is 9.98. The van der Waals surface area contributed by atoms with Crippen LogP contribution in [0.4, 0.5) is 5.69 Å². The van der Waals surface area contributed by atoms with Gasteiger partial charge in [-0.2, -0.15) is 0 Å². The van der Waals surface area contributed by atoms with E-state index in [-0.39, 0.29) is 30.4 Å². The summed E-state index contributed by atoms with van der Waals surface area (Å²) in [5.41, 5.74) is 2.48. The molecule has 7 nitrogen and oxygen atoms in total. The number of ether oxygens (including phenoxy) is 2. The second kappa shape index (κ2) is 6.03. The lowest BCUT2D eigenvalue weighted by atomic mass is 9.84. The Hall–Kier alpha value is -3.45. The zero-order valence-electron chi connectivity index (χ0n) is 16.2. The Kier molecular flexibility index (Phi) is 3.50. The first kappa shape index (κ1) is 17.4. The molecule has 1 N–H and O–H groups in total. The fourth-order valence-electron chi connectivity index (χ4n) is 5.50. The van der Waals surface area contributed by atoms with E-state index in [0.29, 0.717) is 17.2 Å². The average molecular weight is 403 g/mol. The van der Waals surface area contributed by atoms with Crippen molar-refractivity contribution in [3.8, 4) is 11.5 Å². The standard InChI is InChI=1S/C23H18N2O5/c1-12(26)20-18-19(21-15-5-3-2-4-13(15)8-9-24(20)21)23(28)25(22(18)27)14-6-7-16-17(10-14)30-11-29-16/h2-10,18-21H,11H2,1H3/p+1/t18-,19+,20+,21-/m1/s1. The monoisotopic (exact) mass is 403 g/mol. The minimum Gasteiger partial charge on any atom is -0.454 e. The number of hydrogen-bond acceptors (Lipinski definition) is 5. The summed E-state index contributed by atoms with van der Waals surface area (Å²) >= 11 is 0. The third kappa shape index (κ3) is 2.15. The molecule has 30 heavy (non-hydrogen) atoms. The number of amides is 2. The van der Waals surface area contributed by atoms with Crippen LogP contribution in [-0.2, 0) is 14.4 Å². The van der Waals surface area contributed by atoms with E-state index in [9.17, 15) is 14.4 Å². The zero-order chi connectivity index (χ0) is 20.6. The molecular formula is C23H19N2O5+. The normalized spacial score (nSPS) is 30.3. The number of fused-ring (bicyclic) bond motifs is 6. The van der Waals surface area contributed by atoms with Crippen LogP contribution in [0.2, 0.25) is 0 Å². The van der Waals surface area contributed by atoms with E-state index in [4.69, 9.17) is 9.47 Å². The highest BCUT2D eigenvalue weighted by Gasteiger charge is 2.67. The number of Topliss-reactive ketones (excluding diaryl/α,β-unsaturated/α-hetero) is 1. The van der Waals surface area contributed by atoms with E-state index in [2.05, 4.69) is 0 Å². The molecule has 2 saturated heterocycles. The van der Waals surface area contributed by atoms with Gasteiger partial charge in [0.1, 0.15) is 17.9 Å². The Morgan fingerprint density at radius 2 is 1.80 bits per heavy atom. The summed E-state index contributed by atoms with van der Waals surface area (Å²) in [5.74, 6) is -0.848. The second-order valence-electron chi connectivity index (χ2n) is 8.13. The third-order valence-electron chi connectivity index (χ3n) is 6.67. The zero-order valence-corrected chi connectivity index (χ0v) is 16.2. The molecule has 4 aliphatic heterocycles. The summed E-state index contributed by atoms with van der Waals surface area (Å²) < 4.78 is 10.8. The minimum absolute atomic E-state index is 0.0831. The predicted molar refractivity (Wildman–Crippen MR) is 106 cm³/mol. The molecule has 0 spiro atoms. The van der Waals surface area contributed by atoms with Gasteiger partial charge in [0, 0.05) is 18.6 Å². The van der Waals surface area contributed by atoms with Gasteiger partial charge in [0.2, 0.25) is 18.6 Å². The van der Waals surface area contributed by atoms with Gasteiger partial charge in [0.05, 0.1) is 11.9 Å². The van der Waals surface area contributed by atoms with Crippen molar-refractivity contribution in [2.45, 2.75) is 19.0 Å².